The molecule has 2 aromatic carbocycles. The SMILES string of the molecule is Cc1ccccc1NC1CCN(C(=O)c2cc([N+](=O)[O-])ccc2N2CCOCC2)CC1. The predicted molar refractivity (Wildman–Crippen MR) is 120 cm³/mol. The summed E-state index contributed by atoms with van der Waals surface area (Å²) < 4.78 is 5.42. The van der Waals surface area contributed by atoms with Crippen LogP contribution in [0.2, 0.25) is 0 Å². The summed E-state index contributed by atoms with van der Waals surface area (Å²) in [5.41, 5.74) is 3.42. The Balaban J connectivity index is 1.48. The van der Waals surface area contributed by atoms with Gasteiger partial charge in [-0.3, -0.25) is 14.9 Å². The van der Waals surface area contributed by atoms with Gasteiger partial charge in [0.25, 0.3) is 11.6 Å². The fourth-order valence-corrected chi connectivity index (χ4v) is 4.24. The number of nitrogens with one attached hydrogen (secondary N) is 1. The fraction of sp³-hybridized carbons (Fsp3) is 0.435. The van der Waals surface area contributed by atoms with E-state index in [1.165, 1.54) is 17.7 Å². The van der Waals surface area contributed by atoms with Crippen molar-refractivity contribution in [1.29, 1.82) is 0 Å². The van der Waals surface area contributed by atoms with Crippen molar-refractivity contribution in [2.45, 2.75) is 25.8 Å². The Kier molecular flexibility index (Phi) is 6.36. The Morgan fingerprint density at radius 2 is 1.81 bits per heavy atom. The Morgan fingerprint density at radius 1 is 1.10 bits per heavy atom. The van der Waals surface area contributed by atoms with Gasteiger partial charge in [-0.15, -0.1) is 0 Å². The first-order chi connectivity index (χ1) is 15.0. The summed E-state index contributed by atoms with van der Waals surface area (Å²) in [7, 11) is 0. The summed E-state index contributed by atoms with van der Waals surface area (Å²) in [5, 5.41) is 14.9. The Morgan fingerprint density at radius 3 is 2.48 bits per heavy atom. The van der Waals surface area contributed by atoms with Crippen LogP contribution >= 0.6 is 0 Å². The molecule has 0 atom stereocenters. The first-order valence-electron chi connectivity index (χ1n) is 10.8. The van der Waals surface area contributed by atoms with Gasteiger partial charge in [0.15, 0.2) is 0 Å². The van der Waals surface area contributed by atoms with Crippen LogP contribution in [0.1, 0.15) is 28.8 Å². The van der Waals surface area contributed by atoms with Crippen LogP contribution in [-0.4, -0.2) is 61.2 Å². The second-order valence-corrected chi connectivity index (χ2v) is 8.08. The van der Waals surface area contributed by atoms with Gasteiger partial charge in [0.2, 0.25) is 0 Å². The molecule has 0 saturated carbocycles. The topological polar surface area (TPSA) is 88.0 Å². The summed E-state index contributed by atoms with van der Waals surface area (Å²) in [6, 6.07) is 13.1. The monoisotopic (exact) mass is 424 g/mol. The van der Waals surface area contributed by atoms with Crippen LogP contribution in [0.15, 0.2) is 42.5 Å². The Labute approximate surface area is 181 Å². The van der Waals surface area contributed by atoms with E-state index in [1.54, 1.807) is 6.07 Å². The molecule has 164 valence electrons. The van der Waals surface area contributed by atoms with Crippen LogP contribution < -0.4 is 10.2 Å². The third-order valence-electron chi connectivity index (χ3n) is 6.06. The largest absolute Gasteiger partial charge is 0.382 e. The predicted octanol–water partition coefficient (Wildman–Crippen LogP) is 3.46. The van der Waals surface area contributed by atoms with Crippen molar-refractivity contribution in [2.24, 2.45) is 0 Å². The lowest BCUT2D eigenvalue weighted by molar-refractivity contribution is -0.384. The standard InChI is InChI=1S/C23H28N4O4/c1-17-4-2-3-5-21(17)24-18-8-10-26(11-9-18)23(28)20-16-19(27(29)30)6-7-22(20)25-12-14-31-15-13-25/h2-7,16,18,24H,8-15H2,1H3. The molecule has 0 spiro atoms. The summed E-state index contributed by atoms with van der Waals surface area (Å²) in [6.07, 6.45) is 1.67. The summed E-state index contributed by atoms with van der Waals surface area (Å²) in [6.45, 7) is 5.82. The molecule has 2 saturated heterocycles. The molecule has 8 heteroatoms. The number of anilines is 2. The van der Waals surface area contributed by atoms with Crippen molar-refractivity contribution in [3.05, 3.63) is 63.7 Å². The van der Waals surface area contributed by atoms with E-state index in [9.17, 15) is 14.9 Å². The minimum absolute atomic E-state index is 0.0588. The molecule has 8 nitrogen and oxygen atoms in total. The number of rotatable bonds is 5. The zero-order chi connectivity index (χ0) is 21.8. The number of nitro benzene ring substituents is 1. The molecule has 0 aliphatic carbocycles. The lowest BCUT2D eigenvalue weighted by atomic mass is 10.0. The minimum atomic E-state index is -0.446. The average molecular weight is 425 g/mol. The van der Waals surface area contributed by atoms with Crippen LogP contribution in [0.3, 0.4) is 0 Å². The molecule has 0 radical (unpaired) electrons. The van der Waals surface area contributed by atoms with Crippen LogP contribution in [0.4, 0.5) is 17.1 Å². The number of non-ortho nitro benzene ring substituents is 1. The van der Waals surface area contributed by atoms with Crippen LogP contribution in [0.25, 0.3) is 0 Å². The van der Waals surface area contributed by atoms with E-state index in [1.807, 2.05) is 17.0 Å². The number of ether oxygens (including phenoxy) is 1. The number of benzene rings is 2. The number of hydrogen-bond donors (Lipinski definition) is 1. The van der Waals surface area contributed by atoms with Crippen LogP contribution in [-0.2, 0) is 4.74 Å². The number of carbonyl (C=O) groups excluding carboxylic acids is 1. The van der Waals surface area contributed by atoms with E-state index < -0.39 is 4.92 Å². The summed E-state index contributed by atoms with van der Waals surface area (Å²) in [5.74, 6) is -0.139. The van der Waals surface area contributed by atoms with E-state index in [4.69, 9.17) is 4.74 Å². The molecular weight excluding hydrogens is 396 g/mol. The highest BCUT2D eigenvalue weighted by molar-refractivity contribution is 6.00. The number of carbonyl (C=O) groups is 1. The fourth-order valence-electron chi connectivity index (χ4n) is 4.24. The van der Waals surface area contributed by atoms with Crippen molar-refractivity contribution in [3.8, 4) is 0 Å². The third kappa shape index (κ3) is 4.80. The zero-order valence-corrected chi connectivity index (χ0v) is 17.8. The number of morpholine rings is 1. The van der Waals surface area contributed by atoms with E-state index in [0.29, 0.717) is 51.0 Å². The van der Waals surface area contributed by atoms with Gasteiger partial charge in [-0.25, -0.2) is 0 Å². The number of nitro groups is 1. The molecule has 2 fully saturated rings. The second kappa shape index (κ2) is 9.34. The number of piperidine rings is 1. The highest BCUT2D eigenvalue weighted by atomic mass is 16.6. The van der Waals surface area contributed by atoms with E-state index in [2.05, 4.69) is 29.3 Å². The molecule has 2 aliphatic rings. The molecule has 0 bridgehead atoms. The first-order valence-corrected chi connectivity index (χ1v) is 10.8. The highest BCUT2D eigenvalue weighted by Crippen LogP contribution is 2.29. The first kappa shape index (κ1) is 21.1. The number of hydrogen-bond acceptors (Lipinski definition) is 6. The molecule has 0 unspecified atom stereocenters. The smallest absolute Gasteiger partial charge is 0.270 e. The normalized spacial score (nSPS) is 17.5. The maximum Gasteiger partial charge on any atom is 0.270 e. The molecule has 0 aromatic heterocycles. The average Bonchev–Trinajstić information content (AvgIpc) is 2.81. The Hall–Kier alpha value is -3.13. The second-order valence-electron chi connectivity index (χ2n) is 8.08. The van der Waals surface area contributed by atoms with Crippen molar-refractivity contribution in [1.82, 2.24) is 4.90 Å². The van der Waals surface area contributed by atoms with Gasteiger partial charge in [0.1, 0.15) is 0 Å². The van der Waals surface area contributed by atoms with Gasteiger partial charge in [-0.1, -0.05) is 18.2 Å². The van der Waals surface area contributed by atoms with Crippen molar-refractivity contribution in [2.75, 3.05) is 49.6 Å². The van der Waals surface area contributed by atoms with E-state index in [0.717, 1.165) is 24.2 Å². The lowest BCUT2D eigenvalue weighted by Gasteiger charge is -2.35. The van der Waals surface area contributed by atoms with Gasteiger partial charge in [-0.2, -0.15) is 0 Å². The van der Waals surface area contributed by atoms with Crippen LogP contribution in [0, 0.1) is 17.0 Å². The van der Waals surface area contributed by atoms with E-state index in [-0.39, 0.29) is 11.6 Å². The van der Waals surface area contributed by atoms with Crippen molar-refractivity contribution in [3.63, 3.8) is 0 Å². The van der Waals surface area contributed by atoms with Crippen molar-refractivity contribution < 1.29 is 14.5 Å². The van der Waals surface area contributed by atoms with Gasteiger partial charge in [0.05, 0.1) is 29.4 Å². The van der Waals surface area contributed by atoms with E-state index >= 15 is 0 Å². The molecule has 31 heavy (non-hydrogen) atoms. The molecule has 2 aliphatic heterocycles. The maximum atomic E-state index is 13.4. The number of amides is 1. The molecule has 4 rings (SSSR count). The minimum Gasteiger partial charge on any atom is -0.382 e. The summed E-state index contributed by atoms with van der Waals surface area (Å²) in [4.78, 5) is 28.2. The Bertz CT molecular complexity index is 950. The third-order valence-corrected chi connectivity index (χ3v) is 6.06. The van der Waals surface area contributed by atoms with Gasteiger partial charge in [-0.05, 0) is 37.5 Å². The molecule has 2 heterocycles. The maximum absolute atomic E-state index is 13.4. The lowest BCUT2D eigenvalue weighted by Crippen LogP contribution is -2.43. The summed E-state index contributed by atoms with van der Waals surface area (Å²) >= 11 is 0. The molecular formula is C23H28N4O4. The number of para-hydroxylation sites is 1. The van der Waals surface area contributed by atoms with Crippen LogP contribution in [0.5, 0.6) is 0 Å². The molecule has 1 amide bonds. The van der Waals surface area contributed by atoms with Gasteiger partial charge in [0, 0.05) is 50.0 Å². The quantitative estimate of drug-likeness (QED) is 0.584. The molecule has 1 N–H and O–H groups in total. The zero-order valence-electron chi connectivity index (χ0n) is 17.8. The van der Waals surface area contributed by atoms with Gasteiger partial charge >= 0.3 is 0 Å². The van der Waals surface area contributed by atoms with Gasteiger partial charge < -0.3 is 19.9 Å². The number of nitrogens with zero attached hydrogens (tertiary/aromatic N) is 3. The number of likely N-dealkylation sites (tertiary alicyclic amines) is 1. The highest BCUT2D eigenvalue weighted by Gasteiger charge is 2.28. The van der Waals surface area contributed by atoms with Crippen molar-refractivity contribution >= 4 is 23.0 Å². The number of aryl methyl sites for hydroxylation is 1. The molecule has 2 aromatic rings.